The van der Waals surface area contributed by atoms with E-state index in [2.05, 4.69) is 31.2 Å². The molecule has 0 aromatic heterocycles. The van der Waals surface area contributed by atoms with Gasteiger partial charge in [-0.2, -0.15) is 35.9 Å². The van der Waals surface area contributed by atoms with Crippen LogP contribution in [0.3, 0.4) is 0 Å². The van der Waals surface area contributed by atoms with E-state index in [9.17, 15) is 0 Å². The van der Waals surface area contributed by atoms with E-state index in [4.69, 9.17) is 0 Å². The normalized spacial score (nSPS) is 8.08. The smallest absolute Gasteiger partial charge is 0.214 e. The van der Waals surface area contributed by atoms with Crippen LogP contribution in [-0.2, 0) is 6.42 Å². The summed E-state index contributed by atoms with van der Waals surface area (Å²) in [5.74, 6) is 0. The van der Waals surface area contributed by atoms with Crippen LogP contribution in [-0.4, -0.2) is 23.1 Å². The van der Waals surface area contributed by atoms with Gasteiger partial charge in [0.25, 0.3) is 0 Å². The zero-order valence-electron chi connectivity index (χ0n) is 8.11. The van der Waals surface area contributed by atoms with Crippen LogP contribution < -0.4 is 0 Å². The van der Waals surface area contributed by atoms with Gasteiger partial charge >= 0.3 is 23.1 Å². The van der Waals surface area contributed by atoms with Crippen molar-refractivity contribution in [3.05, 3.63) is 60.2 Å². The van der Waals surface area contributed by atoms with Gasteiger partial charge in [-0.3, -0.25) is 0 Å². The van der Waals surface area contributed by atoms with Crippen molar-refractivity contribution in [1.29, 1.82) is 0 Å². The summed E-state index contributed by atoms with van der Waals surface area (Å²) in [6, 6.07) is 18.4. The van der Waals surface area contributed by atoms with Gasteiger partial charge in [0.1, 0.15) is 0 Å². The van der Waals surface area contributed by atoms with Crippen molar-refractivity contribution < 1.29 is 0 Å². The van der Waals surface area contributed by atoms with Crippen LogP contribution in [0, 0.1) is 0 Å². The van der Waals surface area contributed by atoms with E-state index in [1.54, 1.807) is 0 Å². The van der Waals surface area contributed by atoms with Crippen LogP contribution in [0.5, 0.6) is 0 Å². The Bertz CT molecular complexity index is 236. The van der Waals surface area contributed by atoms with Gasteiger partial charge in [0.15, 0.2) is 0 Å². The van der Waals surface area contributed by atoms with Crippen LogP contribution in [0.2, 0.25) is 0 Å². The molecule has 0 aliphatic carbocycles. The summed E-state index contributed by atoms with van der Waals surface area (Å²) >= 11 is 0. The Kier molecular flexibility index (Phi) is 7.75. The molecule has 0 heterocycles. The molecule has 0 radical (unpaired) electrons. The van der Waals surface area contributed by atoms with Gasteiger partial charge in [0, 0.05) is 0 Å². The van der Waals surface area contributed by atoms with Crippen molar-refractivity contribution >= 4 is 23.1 Å². The molecule has 0 nitrogen and oxygen atoms in total. The average molecular weight is 183 g/mol. The summed E-state index contributed by atoms with van der Waals surface area (Å²) in [6.07, 6.45) is 1.16. The fraction of sp³-hybridized carbons (Fsp3) is 0.167. The zero-order valence-corrected chi connectivity index (χ0v) is 9.52. The number of rotatable bonds is 1. The summed E-state index contributed by atoms with van der Waals surface area (Å²) in [4.78, 5) is 0. The maximum absolute atomic E-state index is 2.16. The molecule has 0 fully saturated rings. The molecule has 0 bridgehead atoms. The van der Waals surface area contributed by atoms with Crippen LogP contribution in [0.4, 0.5) is 0 Å². The molecule has 2 rings (SSSR count). The van der Waals surface area contributed by atoms with E-state index < -0.39 is 0 Å². The van der Waals surface area contributed by atoms with Crippen LogP contribution in [0.15, 0.2) is 54.6 Å². The third-order valence-electron chi connectivity index (χ3n) is 1.70. The van der Waals surface area contributed by atoms with Gasteiger partial charge in [-0.05, 0) is 0 Å². The van der Waals surface area contributed by atoms with Crippen LogP contribution in [0.25, 0.3) is 0 Å². The van der Waals surface area contributed by atoms with Crippen molar-refractivity contribution in [2.24, 2.45) is 0 Å². The van der Waals surface area contributed by atoms with Crippen LogP contribution in [0.1, 0.15) is 12.5 Å². The standard InChI is InChI=1S/C7H9.C5H5.Mg/c1-2-7-5-3-4-6-7;1-2-4-5-3-1;/h3-6H,2H2,1H3;1-5H;/q2*-1;+2. The molecule has 2 aromatic carbocycles. The number of aryl methyl sites for hydroxylation is 1. The molecule has 0 aliphatic heterocycles. The van der Waals surface area contributed by atoms with E-state index >= 15 is 0 Å². The molecule has 0 aliphatic rings. The van der Waals surface area contributed by atoms with E-state index in [-0.39, 0.29) is 23.1 Å². The Morgan fingerprint density at radius 3 is 1.77 bits per heavy atom. The Hall–Kier alpha value is -0.534. The second-order valence-electron chi connectivity index (χ2n) is 2.61. The Balaban J connectivity index is 0.000000215. The topological polar surface area (TPSA) is 0 Å². The molecule has 13 heavy (non-hydrogen) atoms. The third-order valence-corrected chi connectivity index (χ3v) is 1.70. The minimum Gasteiger partial charge on any atom is -0.214 e. The van der Waals surface area contributed by atoms with Crippen LogP contribution >= 0.6 is 0 Å². The van der Waals surface area contributed by atoms with Gasteiger partial charge in [0.05, 0.1) is 0 Å². The van der Waals surface area contributed by atoms with Crippen molar-refractivity contribution in [3.8, 4) is 0 Å². The second kappa shape index (κ2) is 8.08. The summed E-state index contributed by atoms with van der Waals surface area (Å²) in [5, 5.41) is 0. The first kappa shape index (κ1) is 12.5. The Morgan fingerprint density at radius 2 is 1.54 bits per heavy atom. The largest absolute Gasteiger partial charge is 2.00 e. The molecule has 1 heteroatoms. The first-order chi connectivity index (χ1) is 5.93. The summed E-state index contributed by atoms with van der Waals surface area (Å²) < 4.78 is 0. The maximum atomic E-state index is 2.16. The van der Waals surface area contributed by atoms with Crippen molar-refractivity contribution in [3.63, 3.8) is 0 Å². The molecule has 0 saturated heterocycles. The fourth-order valence-electron chi connectivity index (χ4n) is 0.970. The van der Waals surface area contributed by atoms with Crippen molar-refractivity contribution in [2.75, 3.05) is 0 Å². The monoisotopic (exact) mass is 182 g/mol. The van der Waals surface area contributed by atoms with Crippen molar-refractivity contribution in [2.45, 2.75) is 13.3 Å². The molecule has 0 saturated carbocycles. The van der Waals surface area contributed by atoms with Gasteiger partial charge in [0.2, 0.25) is 0 Å². The average Bonchev–Trinajstić information content (AvgIpc) is 2.81. The fourth-order valence-corrected chi connectivity index (χ4v) is 0.970. The molecule has 0 unspecified atom stereocenters. The second-order valence-corrected chi connectivity index (χ2v) is 2.61. The van der Waals surface area contributed by atoms with Gasteiger partial charge < -0.3 is 0 Å². The van der Waals surface area contributed by atoms with E-state index in [1.165, 1.54) is 5.56 Å². The summed E-state index contributed by atoms with van der Waals surface area (Å²) in [5.41, 5.74) is 1.43. The molecule has 64 valence electrons. The third kappa shape index (κ3) is 5.67. The minimum absolute atomic E-state index is 0. The molecular formula is C12H14Mg. The first-order valence-electron chi connectivity index (χ1n) is 4.30. The van der Waals surface area contributed by atoms with Crippen molar-refractivity contribution in [1.82, 2.24) is 0 Å². The Labute approximate surface area is 96.5 Å². The molecular weight excluding hydrogens is 168 g/mol. The number of hydrogen-bond donors (Lipinski definition) is 0. The maximum Gasteiger partial charge on any atom is 2.00 e. The van der Waals surface area contributed by atoms with E-state index in [1.807, 2.05) is 30.3 Å². The molecule has 0 spiro atoms. The predicted molar refractivity (Wildman–Crippen MR) is 59.2 cm³/mol. The van der Waals surface area contributed by atoms with E-state index in [0.717, 1.165) is 6.42 Å². The van der Waals surface area contributed by atoms with Gasteiger partial charge in [-0.1, -0.05) is 13.3 Å². The minimum atomic E-state index is 0. The predicted octanol–water partition coefficient (Wildman–Crippen LogP) is 2.99. The Morgan fingerprint density at radius 1 is 1.00 bits per heavy atom. The molecule has 0 N–H and O–H groups in total. The summed E-state index contributed by atoms with van der Waals surface area (Å²) in [6.45, 7) is 2.16. The number of hydrogen-bond acceptors (Lipinski definition) is 0. The molecule has 2 aromatic rings. The molecule has 0 amide bonds. The zero-order chi connectivity index (χ0) is 8.65. The SMILES string of the molecule is CC[c-]1cccc1.[Mg+2].c1cc[cH-]c1. The summed E-state index contributed by atoms with van der Waals surface area (Å²) in [7, 11) is 0. The van der Waals surface area contributed by atoms with Gasteiger partial charge in [-0.25, -0.2) is 24.3 Å². The molecule has 0 atom stereocenters. The van der Waals surface area contributed by atoms with E-state index in [0.29, 0.717) is 0 Å². The first-order valence-corrected chi connectivity index (χ1v) is 4.30. The quantitative estimate of drug-likeness (QED) is 0.470. The van der Waals surface area contributed by atoms with Gasteiger partial charge in [-0.15, -0.1) is 0 Å².